The molecule has 3 aromatic heterocycles. The van der Waals surface area contributed by atoms with Crippen molar-refractivity contribution in [3.05, 3.63) is 135 Å². The zero-order chi connectivity index (χ0) is 36.8. The minimum absolute atomic E-state index is 0.231. The molecule has 3 heterocycles. The van der Waals surface area contributed by atoms with Crippen molar-refractivity contribution in [1.82, 2.24) is 15.3 Å². The lowest BCUT2D eigenvalue weighted by Crippen LogP contribution is -2.22. The predicted molar refractivity (Wildman–Crippen MR) is 201 cm³/mol. The molecule has 0 atom stereocenters. The van der Waals surface area contributed by atoms with Crippen molar-refractivity contribution < 1.29 is 28.1 Å². The van der Waals surface area contributed by atoms with E-state index in [1.165, 1.54) is 0 Å². The van der Waals surface area contributed by atoms with Crippen LogP contribution in [0.25, 0.3) is 35.4 Å². The van der Waals surface area contributed by atoms with Gasteiger partial charge >= 0.3 is 0 Å². The molecule has 0 aliphatic carbocycles. The normalized spacial score (nSPS) is 11.3. The second-order valence-electron chi connectivity index (χ2n) is 11.9. The molecule has 11 nitrogen and oxygen atoms in total. The number of carbonyl (C=O) groups is 2. The average Bonchev–Trinajstić information content (AvgIpc) is 3.69. The number of rotatable bonds is 11. The van der Waals surface area contributed by atoms with Crippen LogP contribution in [0.3, 0.4) is 0 Å². The minimum atomic E-state index is -0.479. The van der Waals surface area contributed by atoms with E-state index in [2.05, 4.69) is 25.9 Å². The second kappa shape index (κ2) is 15.4. The maximum absolute atomic E-state index is 14.3. The Labute approximate surface area is 301 Å². The average molecular weight is 696 g/mol. The van der Waals surface area contributed by atoms with Gasteiger partial charge in [-0.3, -0.25) is 14.6 Å². The summed E-state index contributed by atoms with van der Waals surface area (Å²) in [4.78, 5) is 33.3. The van der Waals surface area contributed by atoms with Gasteiger partial charge in [0.1, 0.15) is 34.3 Å². The van der Waals surface area contributed by atoms with E-state index in [1.807, 2.05) is 91.0 Å². The number of methoxy groups -OCH3 is 2. The Balaban J connectivity index is 1.35. The number of ether oxygens (including phenoxy) is 2. The van der Waals surface area contributed by atoms with E-state index in [9.17, 15) is 9.59 Å². The van der Waals surface area contributed by atoms with E-state index in [-0.39, 0.29) is 11.1 Å². The molecule has 6 aromatic rings. The smallest absolute Gasteiger partial charge is 0.258 e. The van der Waals surface area contributed by atoms with Crippen molar-refractivity contribution in [3.8, 4) is 22.6 Å². The van der Waals surface area contributed by atoms with Crippen molar-refractivity contribution in [2.45, 2.75) is 27.7 Å². The Hall–Kier alpha value is -6.75. The number of carbonyl (C=O) groups excluding carboxylic acids is 2. The van der Waals surface area contributed by atoms with Crippen LogP contribution < -0.4 is 20.1 Å². The fraction of sp³-hybridized carbons (Fsp3) is 0.146. The molecule has 11 heteroatoms. The third-order valence-corrected chi connectivity index (χ3v) is 8.42. The number of pyridine rings is 1. The van der Waals surface area contributed by atoms with Crippen LogP contribution in [0.15, 0.2) is 87.9 Å². The third kappa shape index (κ3) is 7.53. The zero-order valence-electron chi connectivity index (χ0n) is 29.6. The maximum atomic E-state index is 14.3. The monoisotopic (exact) mass is 695 g/mol. The van der Waals surface area contributed by atoms with Gasteiger partial charge in [-0.25, -0.2) is 0 Å². The first-order chi connectivity index (χ1) is 25.2. The topological polar surface area (TPSA) is 142 Å². The number of nitrogens with zero attached hydrogens (tertiary/aromatic N) is 3. The minimum Gasteiger partial charge on any atom is -0.497 e. The van der Waals surface area contributed by atoms with Crippen molar-refractivity contribution >= 4 is 47.5 Å². The van der Waals surface area contributed by atoms with Crippen molar-refractivity contribution in [1.29, 1.82) is 0 Å². The molecule has 0 aliphatic heterocycles. The first kappa shape index (κ1) is 35.1. The summed E-state index contributed by atoms with van der Waals surface area (Å²) in [5.41, 5.74) is 5.99. The standard InChI is InChI=1S/C41H37N5O6/c1-24-35(40(47)43-38-26(3)45-51-33(38)22-16-28-12-18-31(49-5)19-13-28)37(30-10-8-7-9-11-30)36(25(2)42-24)41(48)44-39-27(4)46-52-34(39)23-17-29-14-20-32(50-6)21-15-29/h7-23H,1-6H3,(H,43,47)(H,44,48)/b22-16+,23-17+. The summed E-state index contributed by atoms with van der Waals surface area (Å²) in [7, 11) is 3.22. The molecule has 262 valence electrons. The van der Waals surface area contributed by atoms with Crippen LogP contribution in [0.1, 0.15) is 66.1 Å². The number of anilines is 2. The summed E-state index contributed by atoms with van der Waals surface area (Å²) in [6.07, 6.45) is 7.16. The SMILES string of the molecule is COc1ccc(/C=C/c2onc(C)c2NC(=O)c2c(C)nc(C)c(C(=O)Nc3c(C)noc3/C=C/c3ccc(OC)cc3)c2-c2ccccc2)cc1. The summed E-state index contributed by atoms with van der Waals surface area (Å²) in [6.45, 7) is 6.96. The number of nitrogens with one attached hydrogen (secondary N) is 2. The van der Waals surface area contributed by atoms with E-state index < -0.39 is 11.8 Å². The second-order valence-corrected chi connectivity index (χ2v) is 11.9. The van der Waals surface area contributed by atoms with E-state index in [1.54, 1.807) is 54.1 Å². The lowest BCUT2D eigenvalue weighted by atomic mass is 9.91. The molecule has 2 amide bonds. The molecule has 0 radical (unpaired) electrons. The van der Waals surface area contributed by atoms with Gasteiger partial charge < -0.3 is 29.2 Å². The van der Waals surface area contributed by atoms with E-state index in [0.29, 0.717) is 56.8 Å². The van der Waals surface area contributed by atoms with E-state index >= 15 is 0 Å². The molecule has 0 fully saturated rings. The first-order valence-corrected chi connectivity index (χ1v) is 16.4. The zero-order valence-corrected chi connectivity index (χ0v) is 29.6. The number of aromatic nitrogens is 3. The Morgan fingerprint density at radius 2 is 1.00 bits per heavy atom. The van der Waals surface area contributed by atoms with Gasteiger partial charge in [-0.05, 0) is 80.8 Å². The van der Waals surface area contributed by atoms with Crippen molar-refractivity contribution in [2.24, 2.45) is 0 Å². The van der Waals surface area contributed by atoms with E-state index in [0.717, 1.165) is 22.6 Å². The number of aryl methyl sites for hydroxylation is 4. The van der Waals surface area contributed by atoms with Gasteiger partial charge in [0.25, 0.3) is 11.8 Å². The van der Waals surface area contributed by atoms with Gasteiger partial charge in [0.15, 0.2) is 11.5 Å². The van der Waals surface area contributed by atoms with Gasteiger partial charge in [-0.1, -0.05) is 77.1 Å². The lowest BCUT2D eigenvalue weighted by molar-refractivity contribution is 0.102. The molecular weight excluding hydrogens is 658 g/mol. The molecular formula is C41H37N5O6. The predicted octanol–water partition coefficient (Wildman–Crippen LogP) is 8.82. The van der Waals surface area contributed by atoms with Gasteiger partial charge in [0.05, 0.1) is 36.7 Å². The van der Waals surface area contributed by atoms with Crippen LogP contribution in [0.4, 0.5) is 11.4 Å². The summed E-state index contributed by atoms with van der Waals surface area (Å²) in [6, 6.07) is 24.3. The fourth-order valence-electron chi connectivity index (χ4n) is 5.73. The highest BCUT2D eigenvalue weighted by atomic mass is 16.5. The summed E-state index contributed by atoms with van der Waals surface area (Å²) < 4.78 is 21.7. The highest BCUT2D eigenvalue weighted by Gasteiger charge is 2.28. The number of amides is 2. The Morgan fingerprint density at radius 3 is 1.40 bits per heavy atom. The van der Waals surface area contributed by atoms with Crippen LogP contribution in [0.5, 0.6) is 11.5 Å². The number of hydrogen-bond acceptors (Lipinski definition) is 9. The van der Waals surface area contributed by atoms with Crippen LogP contribution >= 0.6 is 0 Å². The van der Waals surface area contributed by atoms with Crippen molar-refractivity contribution in [2.75, 3.05) is 24.9 Å². The van der Waals surface area contributed by atoms with Crippen molar-refractivity contribution in [3.63, 3.8) is 0 Å². The molecule has 0 saturated heterocycles. The molecule has 6 rings (SSSR count). The van der Waals surface area contributed by atoms with Crippen LogP contribution in [-0.2, 0) is 0 Å². The number of hydrogen-bond donors (Lipinski definition) is 2. The lowest BCUT2D eigenvalue weighted by Gasteiger charge is -2.19. The summed E-state index contributed by atoms with van der Waals surface area (Å²) in [5, 5.41) is 14.2. The fourth-order valence-corrected chi connectivity index (χ4v) is 5.73. The molecule has 0 unspecified atom stereocenters. The number of benzene rings is 3. The Bertz CT molecular complexity index is 2150. The quantitative estimate of drug-likeness (QED) is 0.136. The first-order valence-electron chi connectivity index (χ1n) is 16.4. The van der Waals surface area contributed by atoms with Crippen LogP contribution in [-0.4, -0.2) is 41.3 Å². The molecule has 52 heavy (non-hydrogen) atoms. The molecule has 3 aromatic carbocycles. The highest BCUT2D eigenvalue weighted by molar-refractivity contribution is 6.17. The molecule has 0 bridgehead atoms. The van der Waals surface area contributed by atoms with E-state index in [4.69, 9.17) is 18.5 Å². The summed E-state index contributed by atoms with van der Waals surface area (Å²) >= 11 is 0. The van der Waals surface area contributed by atoms with Gasteiger partial charge in [0, 0.05) is 5.56 Å². The van der Waals surface area contributed by atoms with Gasteiger partial charge in [-0.15, -0.1) is 0 Å². The molecule has 2 N–H and O–H groups in total. The summed E-state index contributed by atoms with van der Waals surface area (Å²) in [5.74, 6) is 1.24. The maximum Gasteiger partial charge on any atom is 0.258 e. The van der Waals surface area contributed by atoms with Crippen LogP contribution in [0, 0.1) is 27.7 Å². The van der Waals surface area contributed by atoms with Crippen LogP contribution in [0.2, 0.25) is 0 Å². The Morgan fingerprint density at radius 1 is 0.577 bits per heavy atom. The molecule has 0 spiro atoms. The van der Waals surface area contributed by atoms with Gasteiger partial charge in [0.2, 0.25) is 0 Å². The Kier molecular flexibility index (Phi) is 10.4. The highest BCUT2D eigenvalue weighted by Crippen LogP contribution is 2.34. The largest absolute Gasteiger partial charge is 0.497 e. The molecule has 0 saturated carbocycles. The molecule has 0 aliphatic rings. The van der Waals surface area contributed by atoms with Gasteiger partial charge in [-0.2, -0.15) is 0 Å². The third-order valence-electron chi connectivity index (χ3n) is 8.42.